The van der Waals surface area contributed by atoms with Crippen LogP contribution < -0.4 is 0 Å². The lowest BCUT2D eigenvalue weighted by Crippen LogP contribution is -2.06. The van der Waals surface area contributed by atoms with Gasteiger partial charge in [0, 0.05) is 0 Å². The number of benzene rings is 1. The van der Waals surface area contributed by atoms with E-state index in [1.807, 2.05) is 19.1 Å². The quantitative estimate of drug-likeness (QED) is 0.614. The molecular formula is C14H11ClFO3+. The number of hydrogen-bond acceptors (Lipinski definition) is 2. The average molecular weight is 282 g/mol. The van der Waals surface area contributed by atoms with Crippen molar-refractivity contribution in [3.63, 3.8) is 0 Å². The summed E-state index contributed by atoms with van der Waals surface area (Å²) >= 11 is 6.03. The first-order valence-electron chi connectivity index (χ1n) is 5.49. The summed E-state index contributed by atoms with van der Waals surface area (Å²) in [5, 5.41) is -0.101. The molecule has 1 heterocycles. The summed E-state index contributed by atoms with van der Waals surface area (Å²) in [7, 11) is 1.16. The summed E-state index contributed by atoms with van der Waals surface area (Å²) < 4.78 is 23.2. The summed E-state index contributed by atoms with van der Waals surface area (Å²) in [6.07, 6.45) is 0.841. The summed E-state index contributed by atoms with van der Waals surface area (Å²) in [5.41, 5.74) is 1.39. The van der Waals surface area contributed by atoms with Gasteiger partial charge in [-0.1, -0.05) is 29.3 Å². The second-order valence-electron chi connectivity index (χ2n) is 3.96. The number of aryl methyl sites for hydroxylation is 1. The number of esters is 1. The molecule has 0 saturated carbocycles. The molecule has 0 aliphatic carbocycles. The van der Waals surface area contributed by atoms with Crippen LogP contribution in [-0.4, -0.2) is 13.1 Å². The molecule has 0 saturated heterocycles. The zero-order chi connectivity index (χ0) is 14.0. The topological polar surface area (TPSA) is 37.6 Å². The van der Waals surface area contributed by atoms with Gasteiger partial charge in [-0.25, -0.2) is 9.21 Å². The second-order valence-corrected chi connectivity index (χ2v) is 4.34. The van der Waals surface area contributed by atoms with Crippen molar-refractivity contribution in [2.24, 2.45) is 0 Å². The lowest BCUT2D eigenvalue weighted by molar-refractivity contribution is 0.0594. The van der Waals surface area contributed by atoms with Gasteiger partial charge in [-0.05, 0) is 19.1 Å². The van der Waals surface area contributed by atoms with Crippen LogP contribution in [0.1, 0.15) is 15.9 Å². The SMILES string of the molecule is COC(=O)c1c(F)c[o+]c(-c2ccc(C)cc2)c1Cl. The highest BCUT2D eigenvalue weighted by Crippen LogP contribution is 2.32. The van der Waals surface area contributed by atoms with Gasteiger partial charge in [0.25, 0.3) is 0 Å². The molecule has 3 nitrogen and oxygen atoms in total. The highest BCUT2D eigenvalue weighted by molar-refractivity contribution is 6.35. The molecule has 0 radical (unpaired) electrons. The third kappa shape index (κ3) is 2.58. The largest absolute Gasteiger partial charge is 0.465 e. The smallest absolute Gasteiger partial charge is 0.379 e. The third-order valence-corrected chi connectivity index (χ3v) is 3.00. The highest BCUT2D eigenvalue weighted by atomic mass is 35.5. The van der Waals surface area contributed by atoms with E-state index in [0.717, 1.165) is 18.9 Å². The molecule has 19 heavy (non-hydrogen) atoms. The van der Waals surface area contributed by atoms with E-state index < -0.39 is 11.8 Å². The Morgan fingerprint density at radius 3 is 2.53 bits per heavy atom. The van der Waals surface area contributed by atoms with Crippen molar-refractivity contribution in [3.8, 4) is 11.3 Å². The van der Waals surface area contributed by atoms with E-state index in [4.69, 9.17) is 16.0 Å². The van der Waals surface area contributed by atoms with E-state index in [2.05, 4.69) is 4.74 Å². The fourth-order valence-corrected chi connectivity index (χ4v) is 1.95. The molecule has 0 atom stereocenters. The van der Waals surface area contributed by atoms with Gasteiger partial charge in [0.05, 0.1) is 12.7 Å². The Hall–Kier alpha value is -1.94. The summed E-state index contributed by atoms with van der Waals surface area (Å²) in [6, 6.07) is 7.28. The van der Waals surface area contributed by atoms with Crippen molar-refractivity contribution in [3.05, 3.63) is 52.5 Å². The molecule has 0 bridgehead atoms. The third-order valence-electron chi connectivity index (χ3n) is 2.64. The molecule has 0 unspecified atom stereocenters. The van der Waals surface area contributed by atoms with E-state index in [-0.39, 0.29) is 16.3 Å². The summed E-state index contributed by atoms with van der Waals surface area (Å²) in [4.78, 5) is 11.5. The predicted octanol–water partition coefficient (Wildman–Crippen LogP) is 4.12. The van der Waals surface area contributed by atoms with E-state index in [9.17, 15) is 9.18 Å². The Morgan fingerprint density at radius 2 is 1.95 bits per heavy atom. The number of hydrogen-bond donors (Lipinski definition) is 0. The van der Waals surface area contributed by atoms with Gasteiger partial charge in [-0.3, -0.25) is 0 Å². The number of methoxy groups -OCH3 is 1. The molecule has 0 aliphatic heterocycles. The zero-order valence-corrected chi connectivity index (χ0v) is 11.1. The fourth-order valence-electron chi connectivity index (χ4n) is 1.63. The zero-order valence-electron chi connectivity index (χ0n) is 10.4. The Labute approximate surface area is 114 Å². The molecule has 1 aromatic carbocycles. The van der Waals surface area contributed by atoms with Crippen LogP contribution in [0, 0.1) is 12.7 Å². The minimum atomic E-state index is -0.854. The maximum Gasteiger partial charge on any atom is 0.379 e. The van der Waals surface area contributed by atoms with E-state index >= 15 is 0 Å². The summed E-state index contributed by atoms with van der Waals surface area (Å²) in [6.45, 7) is 1.94. The van der Waals surface area contributed by atoms with Gasteiger partial charge in [0.1, 0.15) is 5.56 Å². The molecule has 0 aliphatic rings. The highest BCUT2D eigenvalue weighted by Gasteiger charge is 2.29. The van der Waals surface area contributed by atoms with Crippen LogP contribution in [-0.2, 0) is 4.74 Å². The monoisotopic (exact) mass is 281 g/mol. The Balaban J connectivity index is 2.60. The molecular weight excluding hydrogens is 271 g/mol. The van der Waals surface area contributed by atoms with Crippen LogP contribution >= 0.6 is 11.6 Å². The Kier molecular flexibility index (Phi) is 3.81. The van der Waals surface area contributed by atoms with Crippen LogP contribution in [0.5, 0.6) is 0 Å². The molecule has 2 rings (SSSR count). The average Bonchev–Trinajstić information content (AvgIpc) is 2.40. The van der Waals surface area contributed by atoms with Gasteiger partial charge in [0.15, 0.2) is 5.02 Å². The Morgan fingerprint density at radius 1 is 1.32 bits per heavy atom. The van der Waals surface area contributed by atoms with Crippen LogP contribution in [0.25, 0.3) is 11.3 Å². The number of halogens is 2. The van der Waals surface area contributed by atoms with Crippen molar-refractivity contribution < 1.29 is 18.3 Å². The molecule has 98 valence electrons. The van der Waals surface area contributed by atoms with Crippen LogP contribution in [0.15, 0.2) is 34.9 Å². The van der Waals surface area contributed by atoms with E-state index in [0.29, 0.717) is 5.56 Å². The number of carbonyl (C=O) groups excluding carboxylic acids is 1. The van der Waals surface area contributed by atoms with E-state index in [1.54, 1.807) is 12.1 Å². The second kappa shape index (κ2) is 5.36. The van der Waals surface area contributed by atoms with Gasteiger partial charge < -0.3 is 4.74 Å². The Bertz CT molecular complexity index is 623. The summed E-state index contributed by atoms with van der Waals surface area (Å²) in [5.74, 6) is -1.47. The van der Waals surface area contributed by atoms with Gasteiger partial charge in [0.2, 0.25) is 5.82 Å². The van der Waals surface area contributed by atoms with Crippen molar-refractivity contribution >= 4 is 17.6 Å². The van der Waals surface area contributed by atoms with Crippen molar-refractivity contribution in [2.45, 2.75) is 6.92 Å². The molecule has 0 amide bonds. The first kappa shape index (κ1) is 13.5. The normalized spacial score (nSPS) is 10.3. The fraction of sp³-hybridized carbons (Fsp3) is 0.143. The van der Waals surface area contributed by atoms with Crippen molar-refractivity contribution in [1.82, 2.24) is 0 Å². The van der Waals surface area contributed by atoms with Crippen LogP contribution in [0.3, 0.4) is 0 Å². The number of ether oxygens (including phenoxy) is 1. The lowest BCUT2D eigenvalue weighted by Gasteiger charge is -2.01. The number of rotatable bonds is 2. The predicted molar refractivity (Wildman–Crippen MR) is 69.6 cm³/mol. The molecule has 0 fully saturated rings. The maximum absolute atomic E-state index is 13.6. The minimum Gasteiger partial charge on any atom is -0.465 e. The van der Waals surface area contributed by atoms with Crippen molar-refractivity contribution in [2.75, 3.05) is 7.11 Å². The maximum atomic E-state index is 13.6. The van der Waals surface area contributed by atoms with E-state index in [1.165, 1.54) is 0 Å². The van der Waals surface area contributed by atoms with Crippen LogP contribution in [0.4, 0.5) is 4.39 Å². The molecule has 0 spiro atoms. The standard InChI is InChI=1S/C14H11ClFO3/c1-8-3-5-9(6-4-8)13-12(15)11(14(17)18-2)10(16)7-19-13/h3-7H,1-2H3/q+1. The molecule has 2 aromatic rings. The lowest BCUT2D eigenvalue weighted by atomic mass is 10.1. The van der Waals surface area contributed by atoms with Crippen molar-refractivity contribution in [1.29, 1.82) is 0 Å². The van der Waals surface area contributed by atoms with Gasteiger partial charge in [-0.2, -0.15) is 4.39 Å². The number of carbonyl (C=O) groups is 1. The molecule has 1 aromatic heterocycles. The first-order chi connectivity index (χ1) is 9.04. The van der Waals surface area contributed by atoms with Gasteiger partial charge >= 0.3 is 18.0 Å². The van der Waals surface area contributed by atoms with Gasteiger partial charge in [-0.15, -0.1) is 0 Å². The minimum absolute atomic E-state index is 0.101. The molecule has 0 N–H and O–H groups in total. The molecule has 5 heteroatoms. The van der Waals surface area contributed by atoms with Crippen LogP contribution in [0.2, 0.25) is 5.02 Å². The first-order valence-corrected chi connectivity index (χ1v) is 5.87.